The lowest BCUT2D eigenvalue weighted by Gasteiger charge is -2.15. The van der Waals surface area contributed by atoms with Gasteiger partial charge in [0.1, 0.15) is 40.7 Å². The number of thiophene rings is 1. The maximum absolute atomic E-state index is 13.5. The van der Waals surface area contributed by atoms with Gasteiger partial charge in [-0.15, -0.1) is 21.5 Å². The van der Waals surface area contributed by atoms with E-state index in [9.17, 15) is 14.4 Å². The van der Waals surface area contributed by atoms with Crippen LogP contribution in [0, 0.1) is 20.8 Å². The molecule has 2 aliphatic rings. The third-order valence-corrected chi connectivity index (χ3v) is 12.7. The van der Waals surface area contributed by atoms with Gasteiger partial charge in [0.15, 0.2) is 5.82 Å². The Bertz CT molecular complexity index is 2810. The van der Waals surface area contributed by atoms with E-state index in [0.717, 1.165) is 50.0 Å². The topological polar surface area (TPSA) is 192 Å². The fourth-order valence-electron chi connectivity index (χ4n) is 7.86. The third-order valence-electron chi connectivity index (χ3n) is 11.2. The number of nitrogens with one attached hydrogen (secondary N) is 4. The minimum absolute atomic E-state index is 0. The predicted molar refractivity (Wildman–Crippen MR) is 274 cm³/mol. The van der Waals surface area contributed by atoms with Gasteiger partial charge in [0.2, 0.25) is 11.8 Å². The number of carbonyl (C=O) groups excluding carboxylic acids is 3. The first-order valence-electron chi connectivity index (χ1n) is 22.5. The first kappa shape index (κ1) is 50.7. The zero-order valence-electron chi connectivity index (χ0n) is 39.1. The van der Waals surface area contributed by atoms with Crippen LogP contribution in [0.5, 0.6) is 5.75 Å². The molecule has 6 aromatic rings. The van der Waals surface area contributed by atoms with Gasteiger partial charge in [-0.3, -0.25) is 23.9 Å². The molecule has 0 saturated carbocycles. The molecule has 0 spiro atoms. The van der Waals surface area contributed by atoms with Crippen LogP contribution in [-0.2, 0) is 30.2 Å². The third kappa shape index (κ3) is 12.6. The minimum Gasteiger partial charge on any atom is -0.491 e. The monoisotopic (exact) mass is 993 g/mol. The highest BCUT2D eigenvalue weighted by Crippen LogP contribution is 2.40. The molecule has 0 aliphatic carbocycles. The number of anilines is 3. The first-order chi connectivity index (χ1) is 32.9. The van der Waals surface area contributed by atoms with Gasteiger partial charge in [-0.25, -0.2) is 4.98 Å². The summed E-state index contributed by atoms with van der Waals surface area (Å²) < 4.78 is 24.9. The maximum atomic E-state index is 13.5. The molecule has 2 aliphatic heterocycles. The summed E-state index contributed by atoms with van der Waals surface area (Å²) >= 11 is 7.91. The number of nitrogens with zero attached hydrogens (tertiary/aromatic N) is 5. The number of ether oxygens (including phenoxy) is 4. The Morgan fingerprint density at radius 1 is 0.870 bits per heavy atom. The van der Waals surface area contributed by atoms with Crippen LogP contribution in [0.1, 0.15) is 75.6 Å². The molecule has 0 saturated heterocycles. The van der Waals surface area contributed by atoms with Gasteiger partial charge in [-0.1, -0.05) is 29.8 Å². The zero-order valence-corrected chi connectivity index (χ0v) is 41.7. The van der Waals surface area contributed by atoms with Crippen molar-refractivity contribution in [3.05, 3.63) is 128 Å². The molecule has 4 N–H and O–H groups in total. The van der Waals surface area contributed by atoms with Crippen LogP contribution in [0.15, 0.2) is 83.9 Å². The summed E-state index contributed by atoms with van der Waals surface area (Å²) in [4.78, 5) is 49.6. The molecule has 1 atom stereocenters. The quantitative estimate of drug-likeness (QED) is 0.0509. The SMILES string of the molecule is Cc1sc2c(c1C)C(c1ccc(Cl)cc1)=N[C@@H](CC(=O)Nc1ccc(OCCOCCOCCOCCNc3ccc(-c4ccc5c(c4)CC(=O)N5)c(C(=O)NC(C)C)n3)cc1)c1nnc(C)n1-2.S. The molecule has 19 heteroatoms. The Kier molecular flexibility index (Phi) is 17.2. The Morgan fingerprint density at radius 2 is 1.57 bits per heavy atom. The largest absolute Gasteiger partial charge is 0.491 e. The van der Waals surface area contributed by atoms with E-state index in [1.165, 1.54) is 4.88 Å². The van der Waals surface area contributed by atoms with E-state index < -0.39 is 6.04 Å². The highest BCUT2D eigenvalue weighted by molar-refractivity contribution is 7.59. The number of aryl methyl sites for hydroxylation is 2. The van der Waals surface area contributed by atoms with Crippen LogP contribution in [0.3, 0.4) is 0 Å². The molecule has 0 fully saturated rings. The molecule has 362 valence electrons. The average Bonchev–Trinajstić information content (AvgIpc) is 3.96. The van der Waals surface area contributed by atoms with Gasteiger partial charge < -0.3 is 40.2 Å². The average molecular weight is 995 g/mol. The van der Waals surface area contributed by atoms with Crippen LogP contribution in [0.2, 0.25) is 5.02 Å². The summed E-state index contributed by atoms with van der Waals surface area (Å²) in [5.74, 6) is 2.01. The number of pyridine rings is 1. The summed E-state index contributed by atoms with van der Waals surface area (Å²) in [6.45, 7) is 13.1. The fraction of sp³-hybridized carbons (Fsp3) is 0.340. The molecule has 3 aromatic heterocycles. The number of hydrogen-bond acceptors (Lipinski definition) is 13. The fourth-order valence-corrected chi connectivity index (χ4v) is 9.20. The molecule has 3 aromatic carbocycles. The molecular formula is C50H56ClN9O7S2. The van der Waals surface area contributed by atoms with Crippen molar-refractivity contribution in [2.75, 3.05) is 68.7 Å². The van der Waals surface area contributed by atoms with Crippen LogP contribution in [0.4, 0.5) is 17.2 Å². The lowest BCUT2D eigenvalue weighted by Crippen LogP contribution is -2.31. The molecule has 8 rings (SSSR count). The first-order valence-corrected chi connectivity index (χ1v) is 23.7. The molecule has 16 nitrogen and oxygen atoms in total. The van der Waals surface area contributed by atoms with Crippen molar-refractivity contribution < 1.29 is 33.3 Å². The Morgan fingerprint density at radius 3 is 2.29 bits per heavy atom. The van der Waals surface area contributed by atoms with E-state index in [4.69, 9.17) is 35.5 Å². The lowest BCUT2D eigenvalue weighted by molar-refractivity contribution is -0.117. The molecule has 3 amide bonds. The normalized spacial score (nSPS) is 13.6. The highest BCUT2D eigenvalue weighted by atomic mass is 35.5. The van der Waals surface area contributed by atoms with Crippen molar-refractivity contribution in [3.8, 4) is 21.9 Å². The summed E-state index contributed by atoms with van der Waals surface area (Å²) in [6, 6.07) is 23.5. The smallest absolute Gasteiger partial charge is 0.270 e. The molecular weight excluding hydrogens is 938 g/mol. The molecule has 0 radical (unpaired) electrons. The van der Waals surface area contributed by atoms with E-state index in [0.29, 0.717) is 98.6 Å². The zero-order chi connectivity index (χ0) is 47.7. The highest BCUT2D eigenvalue weighted by Gasteiger charge is 2.32. The van der Waals surface area contributed by atoms with Crippen molar-refractivity contribution >= 4 is 77.1 Å². The summed E-state index contributed by atoms with van der Waals surface area (Å²) in [5, 5.41) is 22.5. The molecule has 0 unspecified atom stereocenters. The van der Waals surface area contributed by atoms with Gasteiger partial charge >= 0.3 is 0 Å². The number of aliphatic imine (C=N–C) groups is 1. The van der Waals surface area contributed by atoms with E-state index in [1.807, 2.05) is 79.9 Å². The lowest BCUT2D eigenvalue weighted by atomic mass is 9.99. The van der Waals surface area contributed by atoms with Gasteiger partial charge in [0.05, 0.1) is 58.2 Å². The van der Waals surface area contributed by atoms with E-state index in [2.05, 4.69) is 50.3 Å². The Labute approximate surface area is 417 Å². The van der Waals surface area contributed by atoms with E-state index in [-0.39, 0.29) is 43.7 Å². The number of rotatable bonds is 21. The minimum atomic E-state index is -0.580. The van der Waals surface area contributed by atoms with Gasteiger partial charge in [0, 0.05) is 50.6 Å². The predicted octanol–water partition coefficient (Wildman–Crippen LogP) is 8.18. The van der Waals surface area contributed by atoms with Crippen LogP contribution < -0.4 is 26.0 Å². The van der Waals surface area contributed by atoms with Crippen molar-refractivity contribution in [1.29, 1.82) is 0 Å². The second kappa shape index (κ2) is 23.4. The Hall–Kier alpha value is -6.15. The number of carbonyl (C=O) groups is 3. The molecule has 5 heterocycles. The number of hydrogen-bond donors (Lipinski definition) is 4. The number of fused-ring (bicyclic) bond motifs is 4. The summed E-state index contributed by atoms with van der Waals surface area (Å²) in [6.07, 6.45) is 0.368. The maximum Gasteiger partial charge on any atom is 0.270 e. The van der Waals surface area contributed by atoms with E-state index >= 15 is 0 Å². The van der Waals surface area contributed by atoms with Gasteiger partial charge in [0.25, 0.3) is 5.91 Å². The second-order valence-corrected chi connectivity index (χ2v) is 18.3. The Balaban J connectivity index is 0.00000703. The van der Waals surface area contributed by atoms with Crippen LogP contribution in [-0.4, -0.2) is 102 Å². The summed E-state index contributed by atoms with van der Waals surface area (Å²) in [5.41, 5.74) is 7.95. The number of benzene rings is 3. The van der Waals surface area contributed by atoms with Crippen molar-refractivity contribution in [2.45, 2.75) is 59.5 Å². The van der Waals surface area contributed by atoms with E-state index in [1.54, 1.807) is 35.6 Å². The van der Waals surface area contributed by atoms with Gasteiger partial charge in [-0.2, -0.15) is 13.5 Å². The molecule has 0 bridgehead atoms. The number of amides is 3. The van der Waals surface area contributed by atoms with Crippen molar-refractivity contribution in [2.24, 2.45) is 4.99 Å². The second-order valence-electron chi connectivity index (χ2n) is 16.6. The van der Waals surface area contributed by atoms with Crippen molar-refractivity contribution in [3.63, 3.8) is 0 Å². The number of halogens is 1. The van der Waals surface area contributed by atoms with Gasteiger partial charge in [-0.05, 0) is 112 Å². The molecule has 69 heavy (non-hydrogen) atoms. The van der Waals surface area contributed by atoms with Crippen LogP contribution in [0.25, 0.3) is 16.1 Å². The van der Waals surface area contributed by atoms with Crippen molar-refractivity contribution in [1.82, 2.24) is 25.1 Å². The summed E-state index contributed by atoms with van der Waals surface area (Å²) in [7, 11) is 0. The standard InChI is InChI=1S/C50H54ClN9O7S.H2S/c1-29(2)53-49(63)47-39(34-8-16-40-35(26-34)27-43(61)55-40)15-17-42(57-47)52-18-19-64-20-21-65-22-23-66-24-25-67-38-13-11-37(12-14-38)54-44(62)28-41-48-59-58-32(5)60(48)50-45(30(3)31(4)68-50)46(56-41)33-6-9-36(51)10-7-33;/h6-17,26,29,41H,18-25,27-28H2,1-5H3,(H,52,57)(H,53,63)(H,54,62)(H,55,61);1H2/t41-;/m0./s1. The van der Waals surface area contributed by atoms with Crippen LogP contribution >= 0.6 is 36.4 Å². The number of aromatic nitrogens is 4.